The zero-order valence-electron chi connectivity index (χ0n) is 11.6. The average molecular weight is 354 g/mol. The van der Waals surface area contributed by atoms with Crippen LogP contribution in [0.4, 0.5) is 0 Å². The molecule has 1 unspecified atom stereocenters. The maximum Gasteiger partial charge on any atom is 0.0672 e. The molecule has 0 amide bonds. The van der Waals surface area contributed by atoms with Crippen molar-refractivity contribution >= 4 is 27.5 Å². The van der Waals surface area contributed by atoms with Crippen molar-refractivity contribution in [3.05, 3.63) is 69.2 Å². The highest BCUT2D eigenvalue weighted by molar-refractivity contribution is 9.10. The third-order valence-corrected chi connectivity index (χ3v) is 4.62. The number of hydrogen-bond acceptors (Lipinski definition) is 1. The highest BCUT2D eigenvalue weighted by atomic mass is 79.9. The van der Waals surface area contributed by atoms with E-state index in [2.05, 4.69) is 29.8 Å². The van der Waals surface area contributed by atoms with Gasteiger partial charge in [-0.2, -0.15) is 0 Å². The standard InChI is InChI=1S/C17H18BrClO/c1-17(2,13-6-4-3-5-7-13)16(20)10-12-8-9-14(18)11-15(12)19/h3-9,11,16,20H,10H2,1-2H3. The van der Waals surface area contributed by atoms with Crippen molar-refractivity contribution in [1.29, 1.82) is 0 Å². The average Bonchev–Trinajstić information content (AvgIpc) is 2.42. The highest BCUT2D eigenvalue weighted by Gasteiger charge is 2.30. The molecular weight excluding hydrogens is 336 g/mol. The molecule has 0 saturated carbocycles. The van der Waals surface area contributed by atoms with Gasteiger partial charge in [0.05, 0.1) is 6.10 Å². The van der Waals surface area contributed by atoms with Crippen LogP contribution in [0.3, 0.4) is 0 Å². The van der Waals surface area contributed by atoms with Crippen molar-refractivity contribution in [3.63, 3.8) is 0 Å². The Morgan fingerprint density at radius 2 is 1.80 bits per heavy atom. The molecule has 20 heavy (non-hydrogen) atoms. The lowest BCUT2D eigenvalue weighted by Gasteiger charge is -2.31. The van der Waals surface area contributed by atoms with E-state index in [1.807, 2.05) is 48.5 Å². The third kappa shape index (κ3) is 3.43. The molecule has 0 aromatic heterocycles. The lowest BCUT2D eigenvalue weighted by molar-refractivity contribution is 0.1000. The molecule has 0 aliphatic carbocycles. The Labute approximate surface area is 133 Å². The van der Waals surface area contributed by atoms with Crippen molar-refractivity contribution in [1.82, 2.24) is 0 Å². The van der Waals surface area contributed by atoms with Crippen LogP contribution in [0, 0.1) is 0 Å². The van der Waals surface area contributed by atoms with E-state index in [0.29, 0.717) is 11.4 Å². The van der Waals surface area contributed by atoms with E-state index in [-0.39, 0.29) is 5.41 Å². The number of aliphatic hydroxyl groups is 1. The van der Waals surface area contributed by atoms with Gasteiger partial charge in [-0.1, -0.05) is 77.8 Å². The van der Waals surface area contributed by atoms with Crippen LogP contribution in [0.1, 0.15) is 25.0 Å². The molecule has 3 heteroatoms. The lowest BCUT2D eigenvalue weighted by Crippen LogP contribution is -2.35. The number of rotatable bonds is 4. The SMILES string of the molecule is CC(C)(c1ccccc1)C(O)Cc1ccc(Br)cc1Cl. The van der Waals surface area contributed by atoms with Crippen LogP contribution >= 0.6 is 27.5 Å². The van der Waals surface area contributed by atoms with E-state index in [1.165, 1.54) is 0 Å². The zero-order valence-corrected chi connectivity index (χ0v) is 13.9. The summed E-state index contributed by atoms with van der Waals surface area (Å²) < 4.78 is 0.947. The van der Waals surface area contributed by atoms with E-state index in [1.54, 1.807) is 0 Å². The van der Waals surface area contributed by atoms with Crippen LogP contribution in [0.5, 0.6) is 0 Å². The summed E-state index contributed by atoms with van der Waals surface area (Å²) in [6.07, 6.45) is 0.0390. The highest BCUT2D eigenvalue weighted by Crippen LogP contribution is 2.31. The predicted octanol–water partition coefficient (Wildman–Crippen LogP) is 4.98. The Bertz CT molecular complexity index is 581. The summed E-state index contributed by atoms with van der Waals surface area (Å²) in [6.45, 7) is 4.11. The molecule has 2 aromatic rings. The summed E-state index contributed by atoms with van der Waals surface area (Å²) in [5.41, 5.74) is 1.77. The fourth-order valence-corrected chi connectivity index (χ4v) is 2.96. The molecule has 1 nitrogen and oxygen atoms in total. The summed E-state index contributed by atoms with van der Waals surface area (Å²) in [5.74, 6) is 0. The Morgan fingerprint density at radius 3 is 2.40 bits per heavy atom. The molecule has 0 spiro atoms. The summed E-state index contributed by atoms with van der Waals surface area (Å²) >= 11 is 9.62. The minimum absolute atomic E-state index is 0.322. The monoisotopic (exact) mass is 352 g/mol. The van der Waals surface area contributed by atoms with E-state index in [9.17, 15) is 5.11 Å². The molecule has 1 atom stereocenters. The van der Waals surface area contributed by atoms with E-state index >= 15 is 0 Å². The summed E-state index contributed by atoms with van der Waals surface area (Å²) in [4.78, 5) is 0. The number of halogens is 2. The molecule has 0 heterocycles. The first kappa shape index (κ1) is 15.6. The molecule has 0 radical (unpaired) electrons. The molecular formula is C17H18BrClO. The van der Waals surface area contributed by atoms with Crippen molar-refractivity contribution in [2.24, 2.45) is 0 Å². The van der Waals surface area contributed by atoms with Gasteiger partial charge >= 0.3 is 0 Å². The molecule has 2 rings (SSSR count). The number of aliphatic hydroxyl groups excluding tert-OH is 1. The second kappa shape index (κ2) is 6.30. The van der Waals surface area contributed by atoms with E-state index in [0.717, 1.165) is 15.6 Å². The second-order valence-electron chi connectivity index (χ2n) is 5.54. The van der Waals surface area contributed by atoms with Gasteiger partial charge in [0.1, 0.15) is 0 Å². The van der Waals surface area contributed by atoms with Crippen molar-refractivity contribution in [2.75, 3.05) is 0 Å². The van der Waals surface area contributed by atoms with Crippen molar-refractivity contribution in [3.8, 4) is 0 Å². The lowest BCUT2D eigenvalue weighted by atomic mass is 9.77. The van der Waals surface area contributed by atoms with Crippen molar-refractivity contribution < 1.29 is 5.11 Å². The first-order valence-electron chi connectivity index (χ1n) is 6.59. The Morgan fingerprint density at radius 1 is 1.15 bits per heavy atom. The van der Waals surface area contributed by atoms with Crippen LogP contribution in [0.15, 0.2) is 53.0 Å². The van der Waals surface area contributed by atoms with Gasteiger partial charge in [0.15, 0.2) is 0 Å². The van der Waals surface area contributed by atoms with Gasteiger partial charge in [0.2, 0.25) is 0 Å². The first-order valence-corrected chi connectivity index (χ1v) is 7.76. The van der Waals surface area contributed by atoms with Crippen LogP contribution < -0.4 is 0 Å². The predicted molar refractivity (Wildman–Crippen MR) is 88.3 cm³/mol. The van der Waals surface area contributed by atoms with Crippen LogP contribution in [-0.2, 0) is 11.8 Å². The Hall–Kier alpha value is -0.830. The normalized spacial score (nSPS) is 13.2. The summed E-state index contributed by atoms with van der Waals surface area (Å²) in [7, 11) is 0. The fourth-order valence-electron chi connectivity index (χ4n) is 2.21. The maximum absolute atomic E-state index is 10.6. The quantitative estimate of drug-likeness (QED) is 0.821. The van der Waals surface area contributed by atoms with Gasteiger partial charge in [0.25, 0.3) is 0 Å². The number of benzene rings is 2. The van der Waals surface area contributed by atoms with E-state index < -0.39 is 6.10 Å². The first-order chi connectivity index (χ1) is 9.41. The Kier molecular flexibility index (Phi) is 4.90. The molecule has 0 bridgehead atoms. The third-order valence-electron chi connectivity index (χ3n) is 3.78. The second-order valence-corrected chi connectivity index (χ2v) is 6.87. The Balaban J connectivity index is 2.21. The molecule has 0 saturated heterocycles. The summed E-state index contributed by atoms with van der Waals surface area (Å²) in [5, 5.41) is 11.3. The van der Waals surface area contributed by atoms with Gasteiger partial charge in [-0.15, -0.1) is 0 Å². The van der Waals surface area contributed by atoms with Crippen molar-refractivity contribution in [2.45, 2.75) is 31.8 Å². The molecule has 1 N–H and O–H groups in total. The van der Waals surface area contributed by atoms with Crippen LogP contribution in [0.2, 0.25) is 5.02 Å². The minimum atomic E-state index is -0.497. The minimum Gasteiger partial charge on any atom is -0.392 e. The van der Waals surface area contributed by atoms with Crippen LogP contribution in [0.25, 0.3) is 0 Å². The van der Waals surface area contributed by atoms with Gasteiger partial charge in [-0.25, -0.2) is 0 Å². The molecule has 2 aromatic carbocycles. The van der Waals surface area contributed by atoms with Gasteiger partial charge in [-0.3, -0.25) is 0 Å². The number of hydrogen-bond donors (Lipinski definition) is 1. The molecule has 0 aliphatic rings. The largest absolute Gasteiger partial charge is 0.392 e. The van der Waals surface area contributed by atoms with Gasteiger partial charge in [-0.05, 0) is 23.3 Å². The van der Waals surface area contributed by atoms with E-state index in [4.69, 9.17) is 11.6 Å². The van der Waals surface area contributed by atoms with Crippen LogP contribution in [-0.4, -0.2) is 11.2 Å². The zero-order chi connectivity index (χ0) is 14.8. The van der Waals surface area contributed by atoms with Gasteiger partial charge in [0, 0.05) is 21.3 Å². The van der Waals surface area contributed by atoms with Gasteiger partial charge < -0.3 is 5.11 Å². The molecule has 0 fully saturated rings. The topological polar surface area (TPSA) is 20.2 Å². The molecule has 0 aliphatic heterocycles. The fraction of sp³-hybridized carbons (Fsp3) is 0.294. The maximum atomic E-state index is 10.6. The summed E-state index contributed by atoms with van der Waals surface area (Å²) in [6, 6.07) is 15.8. The smallest absolute Gasteiger partial charge is 0.0672 e. The molecule has 106 valence electrons.